The van der Waals surface area contributed by atoms with Crippen LogP contribution >= 0.6 is 0 Å². The Bertz CT molecular complexity index is 548. The van der Waals surface area contributed by atoms with Crippen LogP contribution in [0.3, 0.4) is 0 Å². The van der Waals surface area contributed by atoms with E-state index in [2.05, 4.69) is 9.47 Å². The van der Waals surface area contributed by atoms with Gasteiger partial charge in [-0.05, 0) is 0 Å². The van der Waals surface area contributed by atoms with Crippen LogP contribution in [0.4, 0.5) is 0 Å². The van der Waals surface area contributed by atoms with Crippen molar-refractivity contribution in [2.45, 2.75) is 0 Å². The Morgan fingerprint density at radius 2 is 0.409 bits per heavy atom. The molecule has 16 heteroatoms. The molecule has 0 amide bonds. The van der Waals surface area contributed by atoms with Crippen LogP contribution < -0.4 is 0 Å². The first-order valence-electron chi connectivity index (χ1n) is 14.8. The first kappa shape index (κ1) is 42.5. The highest BCUT2D eigenvalue weighted by atomic mass is 16.6. The molecule has 0 saturated carbocycles. The highest BCUT2D eigenvalue weighted by Crippen LogP contribution is 1.88. The van der Waals surface area contributed by atoms with Crippen molar-refractivity contribution in [3.8, 4) is 0 Å². The van der Waals surface area contributed by atoms with Crippen LogP contribution in [0.1, 0.15) is 0 Å². The van der Waals surface area contributed by atoms with Crippen LogP contribution in [-0.4, -0.2) is 185 Å². The van der Waals surface area contributed by atoms with E-state index in [9.17, 15) is 9.59 Å². The molecule has 16 nitrogen and oxygen atoms in total. The van der Waals surface area contributed by atoms with Gasteiger partial charge in [0.05, 0.1) is 160 Å². The molecule has 0 rings (SSSR count). The SMILES string of the molecule is COC(=O)COCCOCCOCCOCCOCCOCCOCCOCCOCCOCCOCCOCC(=O)OC. The normalized spacial score (nSPS) is 11.2. The average molecular weight is 647 g/mol. The monoisotopic (exact) mass is 646 g/mol. The van der Waals surface area contributed by atoms with Gasteiger partial charge in [0.15, 0.2) is 0 Å². The second-order valence-corrected chi connectivity index (χ2v) is 8.38. The van der Waals surface area contributed by atoms with E-state index in [1.807, 2.05) is 0 Å². The van der Waals surface area contributed by atoms with Crippen molar-refractivity contribution in [2.24, 2.45) is 0 Å². The largest absolute Gasteiger partial charge is 0.467 e. The van der Waals surface area contributed by atoms with E-state index >= 15 is 0 Å². The molecule has 0 heterocycles. The number of rotatable bonds is 37. The molecule has 0 unspecified atom stereocenters. The Morgan fingerprint density at radius 3 is 0.545 bits per heavy atom. The fraction of sp³-hybridized carbons (Fsp3) is 0.929. The zero-order valence-corrected chi connectivity index (χ0v) is 26.5. The van der Waals surface area contributed by atoms with Gasteiger partial charge in [-0.2, -0.15) is 0 Å². The minimum Gasteiger partial charge on any atom is -0.467 e. The molecule has 0 aromatic carbocycles. The second-order valence-electron chi connectivity index (χ2n) is 8.38. The lowest BCUT2D eigenvalue weighted by Crippen LogP contribution is -2.16. The summed E-state index contributed by atoms with van der Waals surface area (Å²) in [6.07, 6.45) is 0. The van der Waals surface area contributed by atoms with Crippen LogP contribution in [0.25, 0.3) is 0 Å². The zero-order chi connectivity index (χ0) is 32.0. The number of carbonyl (C=O) groups is 2. The fourth-order valence-electron chi connectivity index (χ4n) is 2.75. The average Bonchev–Trinajstić information content (AvgIpc) is 3.04. The zero-order valence-electron chi connectivity index (χ0n) is 26.5. The van der Waals surface area contributed by atoms with Gasteiger partial charge in [0, 0.05) is 0 Å². The van der Waals surface area contributed by atoms with Crippen molar-refractivity contribution >= 4 is 11.9 Å². The van der Waals surface area contributed by atoms with Gasteiger partial charge in [-0.1, -0.05) is 0 Å². The first-order chi connectivity index (χ1) is 21.7. The molecule has 0 aliphatic heterocycles. The highest BCUT2D eigenvalue weighted by molar-refractivity contribution is 5.70. The quantitative estimate of drug-likeness (QED) is 0.0628. The Morgan fingerprint density at radius 1 is 0.273 bits per heavy atom. The molecule has 0 fully saturated rings. The van der Waals surface area contributed by atoms with Crippen LogP contribution in [-0.2, 0) is 75.9 Å². The van der Waals surface area contributed by atoms with Gasteiger partial charge in [0.25, 0.3) is 0 Å². The number of hydrogen-bond donors (Lipinski definition) is 0. The van der Waals surface area contributed by atoms with Gasteiger partial charge in [0.2, 0.25) is 0 Å². The summed E-state index contributed by atoms with van der Waals surface area (Å²) in [6, 6.07) is 0. The van der Waals surface area contributed by atoms with Crippen molar-refractivity contribution < 1.29 is 75.9 Å². The highest BCUT2D eigenvalue weighted by Gasteiger charge is 2.00. The lowest BCUT2D eigenvalue weighted by Gasteiger charge is -2.09. The Hall–Kier alpha value is -1.54. The summed E-state index contributed by atoms with van der Waals surface area (Å²) >= 11 is 0. The molecule has 44 heavy (non-hydrogen) atoms. The molecule has 0 aromatic rings. The van der Waals surface area contributed by atoms with Gasteiger partial charge >= 0.3 is 11.9 Å². The summed E-state index contributed by atoms with van der Waals surface area (Å²) in [6.45, 7) is 9.78. The van der Waals surface area contributed by atoms with E-state index in [-0.39, 0.29) is 13.2 Å². The summed E-state index contributed by atoms with van der Waals surface area (Å²) < 4.78 is 73.1. The van der Waals surface area contributed by atoms with Gasteiger partial charge < -0.3 is 66.3 Å². The third-order valence-electron chi connectivity index (χ3n) is 4.99. The Balaban J connectivity index is 3.06. The lowest BCUT2D eigenvalue weighted by atomic mass is 10.6. The molecule has 0 aliphatic carbocycles. The molecular weight excluding hydrogens is 592 g/mol. The number of ether oxygens (including phenoxy) is 14. The van der Waals surface area contributed by atoms with Crippen LogP contribution in [0.15, 0.2) is 0 Å². The summed E-state index contributed by atoms with van der Waals surface area (Å²) in [5, 5.41) is 0. The first-order valence-corrected chi connectivity index (χ1v) is 14.8. The Kier molecular flexibility index (Phi) is 36.3. The third kappa shape index (κ3) is 36.7. The van der Waals surface area contributed by atoms with Gasteiger partial charge in [-0.15, -0.1) is 0 Å². The number of carbonyl (C=O) groups excluding carboxylic acids is 2. The number of esters is 2. The second kappa shape index (κ2) is 37.6. The topological polar surface area (TPSA) is 163 Å². The fourth-order valence-corrected chi connectivity index (χ4v) is 2.75. The smallest absolute Gasteiger partial charge is 0.331 e. The van der Waals surface area contributed by atoms with Gasteiger partial charge in [-0.25, -0.2) is 9.59 Å². The minimum absolute atomic E-state index is 0.0745. The maximum atomic E-state index is 10.8. The molecule has 0 saturated heterocycles. The summed E-state index contributed by atoms with van der Waals surface area (Å²) in [7, 11) is 2.62. The van der Waals surface area contributed by atoms with Crippen LogP contribution in [0.2, 0.25) is 0 Å². The van der Waals surface area contributed by atoms with Crippen LogP contribution in [0, 0.1) is 0 Å². The van der Waals surface area contributed by atoms with E-state index in [0.717, 1.165) is 0 Å². The summed E-state index contributed by atoms with van der Waals surface area (Å²) in [5.74, 6) is -0.823. The van der Waals surface area contributed by atoms with Crippen molar-refractivity contribution in [1.82, 2.24) is 0 Å². The summed E-state index contributed by atoms with van der Waals surface area (Å²) in [4.78, 5) is 21.7. The standard InChI is InChI=1S/C28H54O16/c1-31-27(29)25-43-23-21-41-19-17-39-15-13-37-11-9-35-7-5-33-3-4-34-6-8-36-10-12-38-14-16-40-18-20-42-22-24-44-26-28(30)32-2/h3-26H2,1-2H3. The van der Waals surface area contributed by atoms with Crippen molar-refractivity contribution in [2.75, 3.05) is 173 Å². The van der Waals surface area contributed by atoms with Crippen molar-refractivity contribution in [3.63, 3.8) is 0 Å². The molecule has 0 aliphatic rings. The molecular formula is C28H54O16. The van der Waals surface area contributed by atoms with Gasteiger partial charge in [0.1, 0.15) is 13.2 Å². The number of methoxy groups -OCH3 is 2. The van der Waals surface area contributed by atoms with E-state index in [1.54, 1.807) is 0 Å². The molecule has 0 aromatic heterocycles. The molecule has 0 bridgehead atoms. The van der Waals surface area contributed by atoms with Gasteiger partial charge in [-0.3, -0.25) is 0 Å². The van der Waals surface area contributed by atoms with Crippen LogP contribution in [0.5, 0.6) is 0 Å². The number of hydrogen-bond acceptors (Lipinski definition) is 16. The Labute approximate surface area is 261 Å². The maximum Gasteiger partial charge on any atom is 0.331 e. The molecule has 0 radical (unpaired) electrons. The van der Waals surface area contributed by atoms with Crippen molar-refractivity contribution in [1.29, 1.82) is 0 Å². The van der Waals surface area contributed by atoms with E-state index in [4.69, 9.17) is 56.8 Å². The molecule has 262 valence electrons. The molecule has 0 N–H and O–H groups in total. The predicted molar refractivity (Wildman–Crippen MR) is 154 cm³/mol. The van der Waals surface area contributed by atoms with E-state index in [1.165, 1.54) is 14.2 Å². The minimum atomic E-state index is -0.412. The molecule has 0 spiro atoms. The third-order valence-corrected chi connectivity index (χ3v) is 4.99. The maximum absolute atomic E-state index is 10.8. The predicted octanol–water partition coefficient (Wildman–Crippen LogP) is -0.468. The lowest BCUT2D eigenvalue weighted by molar-refractivity contribution is -0.147. The molecule has 0 atom stereocenters. The van der Waals surface area contributed by atoms with E-state index in [0.29, 0.717) is 145 Å². The van der Waals surface area contributed by atoms with E-state index < -0.39 is 11.9 Å². The summed E-state index contributed by atoms with van der Waals surface area (Å²) in [5.41, 5.74) is 0. The van der Waals surface area contributed by atoms with Crippen molar-refractivity contribution in [3.05, 3.63) is 0 Å².